The van der Waals surface area contributed by atoms with Crippen LogP contribution in [0.4, 0.5) is 10.5 Å². The number of hydrogen-bond donors (Lipinski definition) is 1. The maximum atomic E-state index is 12.9. The predicted molar refractivity (Wildman–Crippen MR) is 147 cm³/mol. The highest BCUT2D eigenvalue weighted by Gasteiger charge is 2.30. The summed E-state index contributed by atoms with van der Waals surface area (Å²) in [5, 5.41) is 3.47. The van der Waals surface area contributed by atoms with E-state index in [0.29, 0.717) is 24.9 Å². The lowest BCUT2D eigenvalue weighted by Crippen LogP contribution is -2.49. The Balaban J connectivity index is 1.07. The number of nitrogens with one attached hydrogen (secondary N) is 1. The van der Waals surface area contributed by atoms with Crippen molar-refractivity contribution in [2.24, 2.45) is 5.92 Å². The van der Waals surface area contributed by atoms with Gasteiger partial charge in [0, 0.05) is 68.9 Å². The first-order valence-electron chi connectivity index (χ1n) is 13.8. The quantitative estimate of drug-likeness (QED) is 0.555. The van der Waals surface area contributed by atoms with Crippen molar-refractivity contribution < 1.29 is 14.4 Å². The van der Waals surface area contributed by atoms with E-state index in [2.05, 4.69) is 33.1 Å². The van der Waals surface area contributed by atoms with Gasteiger partial charge in [-0.15, -0.1) is 0 Å². The minimum absolute atomic E-state index is 0.154. The number of aromatic nitrogens is 1. The number of carbonyl (C=O) groups is 3. The van der Waals surface area contributed by atoms with Gasteiger partial charge in [-0.1, -0.05) is 23.8 Å². The number of rotatable bonds is 5. The van der Waals surface area contributed by atoms with Crippen LogP contribution in [0.15, 0.2) is 54.7 Å². The van der Waals surface area contributed by atoms with Gasteiger partial charge >= 0.3 is 6.03 Å². The highest BCUT2D eigenvalue weighted by molar-refractivity contribution is 6.09. The molecule has 6 rings (SSSR count). The first-order valence-corrected chi connectivity index (χ1v) is 13.8. The number of imide groups is 1. The molecule has 8 nitrogen and oxygen atoms in total. The van der Waals surface area contributed by atoms with Gasteiger partial charge < -0.3 is 14.4 Å². The summed E-state index contributed by atoms with van der Waals surface area (Å²) in [6.45, 7) is 7.25. The lowest BCUT2D eigenvalue weighted by molar-refractivity contribution is -0.120. The van der Waals surface area contributed by atoms with Crippen molar-refractivity contribution in [3.05, 3.63) is 65.9 Å². The lowest BCUT2D eigenvalue weighted by Gasteiger charge is -2.34. The standard InChI is InChI=1S/C30H35N5O3/c1-21-4-2-5-23(18-21)29(37)33-14-8-22(9-15-33)19-32-13-10-24(20-32)34-16-11-25-26(34)6-3-7-27(25)35-17-12-28(36)31-30(35)38/h2-7,11,16,18,22,24H,8-10,12-15,17,19-20H2,1H3,(H,31,36,38). The second-order valence-corrected chi connectivity index (χ2v) is 11.0. The Labute approximate surface area is 223 Å². The molecular formula is C30H35N5O3. The van der Waals surface area contributed by atoms with Crippen molar-refractivity contribution in [3.8, 4) is 0 Å². The van der Waals surface area contributed by atoms with E-state index in [4.69, 9.17) is 0 Å². The van der Waals surface area contributed by atoms with Crippen molar-refractivity contribution in [1.82, 2.24) is 19.7 Å². The van der Waals surface area contributed by atoms with Crippen LogP contribution in [0, 0.1) is 12.8 Å². The van der Waals surface area contributed by atoms with Crippen molar-refractivity contribution in [2.45, 2.75) is 38.6 Å². The maximum absolute atomic E-state index is 12.9. The molecule has 4 heterocycles. The summed E-state index contributed by atoms with van der Waals surface area (Å²) < 4.78 is 2.36. The molecule has 38 heavy (non-hydrogen) atoms. The minimum Gasteiger partial charge on any atom is -0.343 e. The van der Waals surface area contributed by atoms with Gasteiger partial charge in [0.1, 0.15) is 0 Å². The summed E-state index contributed by atoms with van der Waals surface area (Å²) in [5.41, 5.74) is 3.90. The van der Waals surface area contributed by atoms with E-state index in [0.717, 1.165) is 79.7 Å². The number of aryl methyl sites for hydroxylation is 1. The van der Waals surface area contributed by atoms with E-state index in [1.165, 1.54) is 0 Å². The molecule has 3 fully saturated rings. The third-order valence-electron chi connectivity index (χ3n) is 8.41. The van der Waals surface area contributed by atoms with Crippen LogP contribution >= 0.6 is 0 Å². The molecule has 1 atom stereocenters. The molecule has 0 radical (unpaired) electrons. The topological polar surface area (TPSA) is 77.9 Å². The van der Waals surface area contributed by atoms with E-state index in [1.807, 2.05) is 48.2 Å². The molecule has 3 aliphatic rings. The number of fused-ring (bicyclic) bond motifs is 1. The van der Waals surface area contributed by atoms with Gasteiger partial charge in [0.05, 0.1) is 11.2 Å². The minimum atomic E-state index is -0.347. The smallest absolute Gasteiger partial charge is 0.328 e. The highest BCUT2D eigenvalue weighted by atomic mass is 16.2. The van der Waals surface area contributed by atoms with Gasteiger partial charge in [-0.25, -0.2) is 4.79 Å². The fourth-order valence-electron chi connectivity index (χ4n) is 6.37. The Kier molecular flexibility index (Phi) is 6.66. The van der Waals surface area contributed by atoms with Crippen molar-refractivity contribution in [2.75, 3.05) is 44.2 Å². The molecule has 8 heteroatoms. The molecule has 0 saturated carbocycles. The van der Waals surface area contributed by atoms with E-state index in [-0.39, 0.29) is 17.8 Å². The average Bonchev–Trinajstić information content (AvgIpc) is 3.56. The van der Waals surface area contributed by atoms with Crippen LogP contribution in [0.25, 0.3) is 10.9 Å². The zero-order chi connectivity index (χ0) is 26.2. The second-order valence-electron chi connectivity index (χ2n) is 11.0. The Morgan fingerprint density at radius 3 is 2.58 bits per heavy atom. The highest BCUT2D eigenvalue weighted by Crippen LogP contribution is 2.34. The van der Waals surface area contributed by atoms with Crippen LogP contribution < -0.4 is 10.2 Å². The number of urea groups is 1. The molecule has 3 aromatic rings. The van der Waals surface area contributed by atoms with Crippen LogP contribution in [0.3, 0.4) is 0 Å². The molecule has 0 bridgehead atoms. The number of hydrogen-bond acceptors (Lipinski definition) is 4. The molecule has 1 N–H and O–H groups in total. The fraction of sp³-hybridized carbons (Fsp3) is 0.433. The summed E-state index contributed by atoms with van der Waals surface area (Å²) in [4.78, 5) is 43.2. The summed E-state index contributed by atoms with van der Waals surface area (Å²) >= 11 is 0. The van der Waals surface area contributed by atoms with E-state index in [9.17, 15) is 14.4 Å². The number of likely N-dealkylation sites (tertiary alicyclic amines) is 2. The molecule has 3 aliphatic heterocycles. The Morgan fingerprint density at radius 1 is 0.974 bits per heavy atom. The molecule has 1 unspecified atom stereocenters. The molecule has 3 saturated heterocycles. The van der Waals surface area contributed by atoms with Gasteiger partial charge in [-0.3, -0.25) is 19.8 Å². The number of piperidine rings is 1. The SMILES string of the molecule is Cc1cccc(C(=O)N2CCC(CN3CCC(n4ccc5c(N6CCC(=O)NC6=O)cccc54)C3)CC2)c1. The third kappa shape index (κ3) is 4.80. The van der Waals surface area contributed by atoms with Gasteiger partial charge in [-0.2, -0.15) is 0 Å². The monoisotopic (exact) mass is 513 g/mol. The molecule has 4 amide bonds. The maximum Gasteiger partial charge on any atom is 0.328 e. The number of carbonyl (C=O) groups excluding carboxylic acids is 3. The molecular weight excluding hydrogens is 478 g/mol. The average molecular weight is 514 g/mol. The largest absolute Gasteiger partial charge is 0.343 e. The van der Waals surface area contributed by atoms with E-state index >= 15 is 0 Å². The normalized spacial score (nSPS) is 21.3. The first kappa shape index (κ1) is 24.7. The summed E-state index contributed by atoms with van der Waals surface area (Å²) in [6, 6.07) is 16.1. The Bertz CT molecular complexity index is 1370. The van der Waals surface area contributed by atoms with Crippen LogP contribution in [0.5, 0.6) is 0 Å². The van der Waals surface area contributed by atoms with Gasteiger partial charge in [0.25, 0.3) is 5.91 Å². The summed E-state index contributed by atoms with van der Waals surface area (Å²) in [7, 11) is 0. The third-order valence-corrected chi connectivity index (χ3v) is 8.41. The number of amides is 4. The number of benzene rings is 2. The van der Waals surface area contributed by atoms with Crippen LogP contribution in [0.1, 0.15) is 47.6 Å². The van der Waals surface area contributed by atoms with Gasteiger partial charge in [-0.05, 0) is 62.4 Å². The van der Waals surface area contributed by atoms with Crippen molar-refractivity contribution >= 4 is 34.4 Å². The van der Waals surface area contributed by atoms with Gasteiger partial charge in [0.15, 0.2) is 0 Å². The van der Waals surface area contributed by atoms with E-state index < -0.39 is 0 Å². The van der Waals surface area contributed by atoms with Crippen LogP contribution in [-0.4, -0.2) is 71.5 Å². The number of nitrogens with zero attached hydrogens (tertiary/aromatic N) is 4. The Hall–Kier alpha value is -3.65. The second kappa shape index (κ2) is 10.3. The van der Waals surface area contributed by atoms with Gasteiger partial charge in [0.2, 0.25) is 5.91 Å². The zero-order valence-corrected chi connectivity index (χ0v) is 21.9. The van der Waals surface area contributed by atoms with Crippen LogP contribution in [0.2, 0.25) is 0 Å². The lowest BCUT2D eigenvalue weighted by atomic mass is 9.95. The molecule has 0 aliphatic carbocycles. The molecule has 2 aromatic carbocycles. The van der Waals surface area contributed by atoms with E-state index in [1.54, 1.807) is 4.90 Å². The van der Waals surface area contributed by atoms with Crippen molar-refractivity contribution in [1.29, 1.82) is 0 Å². The fourth-order valence-corrected chi connectivity index (χ4v) is 6.37. The predicted octanol–water partition coefficient (Wildman–Crippen LogP) is 4.20. The van der Waals surface area contributed by atoms with Crippen LogP contribution in [-0.2, 0) is 4.79 Å². The summed E-state index contributed by atoms with van der Waals surface area (Å²) in [6.07, 6.45) is 5.66. The van der Waals surface area contributed by atoms with Crippen molar-refractivity contribution in [3.63, 3.8) is 0 Å². The first-order chi connectivity index (χ1) is 18.5. The molecule has 198 valence electrons. The molecule has 0 spiro atoms. The number of anilines is 1. The Morgan fingerprint density at radius 2 is 1.79 bits per heavy atom. The molecule has 1 aromatic heterocycles. The zero-order valence-electron chi connectivity index (χ0n) is 21.9. The summed E-state index contributed by atoms with van der Waals surface area (Å²) in [5.74, 6) is 0.551.